The minimum atomic E-state index is -2.10. The number of aromatic nitrogens is 3. The van der Waals surface area contributed by atoms with Crippen molar-refractivity contribution in [2.45, 2.75) is 80.5 Å². The Labute approximate surface area is 468 Å². The number of benzene rings is 1. The van der Waals surface area contributed by atoms with Crippen molar-refractivity contribution in [1.29, 1.82) is 0 Å². The summed E-state index contributed by atoms with van der Waals surface area (Å²) in [5, 5.41) is 17.1. The van der Waals surface area contributed by atoms with E-state index in [0.717, 1.165) is 38.1 Å². The molecule has 1 unspecified atom stereocenters. The lowest BCUT2D eigenvalue weighted by Gasteiger charge is -2.23. The second-order valence-electron chi connectivity index (χ2n) is 17.6. The SMILES string of the molecule is CC(=O)N[C@H](Cc1ccc(Oc2c(F)c(F)nc(F)c2F)cc1)C(=O)N[C@@H](CSc1c(F)c(F)nc(F)c1F)C(=O)NCC(=O)NCC(=O)NCC(=O)N[C@@H](CSc1c(F)c(F)nc(F)c1F)C(=O)NC(C)C(=O)N[C@@H](CC(C)C)C(N)=O. The largest absolute Gasteiger partial charge is 0.451 e. The first-order valence-corrected chi connectivity index (χ1v) is 25.6. The molecule has 22 nitrogen and oxygen atoms in total. The maximum Gasteiger partial charge on any atom is 0.255 e. The Balaban J connectivity index is 1.42. The number of hydrogen-bond donors (Lipinski definition) is 9. The predicted molar refractivity (Wildman–Crippen MR) is 263 cm³/mol. The molecule has 0 spiro atoms. The molecule has 0 saturated carbocycles. The summed E-state index contributed by atoms with van der Waals surface area (Å²) < 4.78 is 174. The van der Waals surface area contributed by atoms with Gasteiger partial charge in [0.1, 0.15) is 36.0 Å². The Morgan fingerprint density at radius 1 is 0.494 bits per heavy atom. The van der Waals surface area contributed by atoms with Crippen LogP contribution >= 0.6 is 23.5 Å². The van der Waals surface area contributed by atoms with Gasteiger partial charge in [0.2, 0.25) is 70.5 Å². The fourth-order valence-electron chi connectivity index (χ4n) is 6.63. The van der Waals surface area contributed by atoms with E-state index in [2.05, 4.69) is 41.5 Å². The summed E-state index contributed by atoms with van der Waals surface area (Å²) in [5.41, 5.74) is 5.48. The number of carbonyl (C=O) groups is 9. The lowest BCUT2D eigenvalue weighted by Crippen LogP contribution is -2.57. The molecule has 0 radical (unpaired) electrons. The van der Waals surface area contributed by atoms with Crippen LogP contribution < -0.4 is 53.0 Å². The molecule has 4 rings (SSSR count). The van der Waals surface area contributed by atoms with Gasteiger partial charge in [-0.15, -0.1) is 23.5 Å². The quantitative estimate of drug-likeness (QED) is 0.0223. The number of amides is 9. The first-order chi connectivity index (χ1) is 38.9. The molecule has 83 heavy (non-hydrogen) atoms. The average Bonchev–Trinajstić information content (AvgIpc) is 3.43. The average molecular weight is 1230 g/mol. The van der Waals surface area contributed by atoms with Gasteiger partial charge in [-0.05, 0) is 37.0 Å². The van der Waals surface area contributed by atoms with E-state index in [1.54, 1.807) is 13.8 Å². The molecule has 36 heteroatoms. The number of primary amides is 1. The highest BCUT2D eigenvalue weighted by Crippen LogP contribution is 2.31. The van der Waals surface area contributed by atoms with E-state index < -0.39 is 213 Å². The minimum Gasteiger partial charge on any atom is -0.451 e. The zero-order chi connectivity index (χ0) is 62.2. The summed E-state index contributed by atoms with van der Waals surface area (Å²) in [6.45, 7) is 2.47. The Morgan fingerprint density at radius 3 is 1.35 bits per heavy atom. The van der Waals surface area contributed by atoms with Gasteiger partial charge in [0.25, 0.3) is 35.7 Å². The Morgan fingerprint density at radius 2 is 0.904 bits per heavy atom. The van der Waals surface area contributed by atoms with Gasteiger partial charge in [-0.3, -0.25) is 43.2 Å². The number of nitrogens with two attached hydrogens (primary N) is 1. The number of halogens is 12. The highest BCUT2D eigenvalue weighted by molar-refractivity contribution is 7.99. The van der Waals surface area contributed by atoms with Crippen LogP contribution in [0.5, 0.6) is 11.5 Å². The van der Waals surface area contributed by atoms with Crippen molar-refractivity contribution in [2.75, 3.05) is 31.1 Å². The highest BCUT2D eigenvalue weighted by atomic mass is 32.2. The van der Waals surface area contributed by atoms with Crippen LogP contribution in [0.3, 0.4) is 0 Å². The normalized spacial score (nSPS) is 12.9. The van der Waals surface area contributed by atoms with Crippen LogP contribution in [-0.2, 0) is 49.6 Å². The smallest absolute Gasteiger partial charge is 0.255 e. The van der Waals surface area contributed by atoms with Gasteiger partial charge in [-0.1, -0.05) is 26.0 Å². The summed E-state index contributed by atoms with van der Waals surface area (Å²) in [7, 11) is 0. The van der Waals surface area contributed by atoms with Gasteiger partial charge >= 0.3 is 0 Å². The lowest BCUT2D eigenvalue weighted by atomic mass is 10.0. The molecule has 0 bridgehead atoms. The van der Waals surface area contributed by atoms with Crippen LogP contribution in [0.25, 0.3) is 0 Å². The van der Waals surface area contributed by atoms with E-state index >= 15 is 0 Å². The van der Waals surface area contributed by atoms with Crippen molar-refractivity contribution < 1.29 is 101 Å². The second kappa shape index (κ2) is 30.6. The van der Waals surface area contributed by atoms with Gasteiger partial charge in [0.15, 0.2) is 23.3 Å². The van der Waals surface area contributed by atoms with E-state index in [0.29, 0.717) is 0 Å². The van der Waals surface area contributed by atoms with Crippen molar-refractivity contribution in [1.82, 2.24) is 57.5 Å². The van der Waals surface area contributed by atoms with Crippen LogP contribution in [0.1, 0.15) is 39.7 Å². The standard InChI is InChI=1S/C47H46F12N12O10S2/c1-16(2)9-21(43(60)76)67-44(77)17(3)64-47(80)24(15-83-36-32(52)41(58)71-42(59)33(36)53)66-27(75)13-62-25(73)11-61-26(74)12-63-45(78)23(14-82-35-30(50)39(56)70-40(57)31(35)51)68-46(79)22(65-18(4)72)10-19-5-7-20(8-6-19)81-34-28(48)37(54)69-38(55)29(34)49/h5-8,16-17,21-24H,9-15H2,1-4H3,(H2,60,76)(H,61,74)(H,62,73)(H,63,78)(H,64,80)(H,65,72)(H,66,75)(H,67,77)(H,68,79)/t17?,21-,22+,23-,24-/m0/s1. The number of ether oxygens (including phenoxy) is 1. The number of carbonyl (C=O) groups excluding carboxylic acids is 9. The van der Waals surface area contributed by atoms with E-state index in [1.807, 2.05) is 16.0 Å². The Kier molecular flexibility index (Phi) is 24.7. The van der Waals surface area contributed by atoms with Crippen LogP contribution in [0.4, 0.5) is 52.7 Å². The zero-order valence-corrected chi connectivity index (χ0v) is 44.7. The third-order valence-electron chi connectivity index (χ3n) is 10.7. The molecule has 3 aromatic heterocycles. The molecule has 9 amide bonds. The number of nitrogens with zero attached hydrogens (tertiary/aromatic N) is 3. The number of pyridine rings is 3. The minimum absolute atomic E-state index is 0.0129. The van der Waals surface area contributed by atoms with E-state index in [1.165, 1.54) is 0 Å². The number of thioether (sulfide) groups is 2. The van der Waals surface area contributed by atoms with E-state index in [-0.39, 0.29) is 41.4 Å². The van der Waals surface area contributed by atoms with Crippen molar-refractivity contribution in [3.05, 3.63) is 100 Å². The maximum absolute atomic E-state index is 14.6. The van der Waals surface area contributed by atoms with Crippen LogP contribution in [-0.4, -0.2) is 129 Å². The van der Waals surface area contributed by atoms with Crippen molar-refractivity contribution in [2.24, 2.45) is 11.7 Å². The molecule has 3 heterocycles. The molecule has 1 aromatic carbocycles. The molecular weight excluding hydrogens is 1180 g/mol. The van der Waals surface area contributed by atoms with E-state index in [9.17, 15) is 95.8 Å². The first-order valence-electron chi connectivity index (χ1n) is 23.6. The number of rotatable bonds is 28. The molecule has 10 N–H and O–H groups in total. The summed E-state index contributed by atoms with van der Waals surface area (Å²) >= 11 is -0.0749. The fourth-order valence-corrected chi connectivity index (χ4v) is 8.61. The summed E-state index contributed by atoms with van der Waals surface area (Å²) in [4.78, 5) is 120. The summed E-state index contributed by atoms with van der Waals surface area (Å²) in [6, 6.07) is -3.86. The van der Waals surface area contributed by atoms with Gasteiger partial charge < -0.3 is 53.0 Å². The molecular formula is C47H46F12N12O10S2. The lowest BCUT2D eigenvalue weighted by molar-refractivity contribution is -0.133. The molecule has 0 saturated heterocycles. The van der Waals surface area contributed by atoms with Gasteiger partial charge in [-0.25, -0.2) is 17.6 Å². The van der Waals surface area contributed by atoms with Gasteiger partial charge in [0, 0.05) is 24.9 Å². The third kappa shape index (κ3) is 19.6. The summed E-state index contributed by atoms with van der Waals surface area (Å²) in [6.07, 6.45) is -0.380. The van der Waals surface area contributed by atoms with Crippen LogP contribution in [0, 0.1) is 76.5 Å². The highest BCUT2D eigenvalue weighted by Gasteiger charge is 2.32. The molecule has 0 fully saturated rings. The second-order valence-corrected chi connectivity index (χ2v) is 19.6. The third-order valence-corrected chi connectivity index (χ3v) is 13.0. The molecule has 5 atom stereocenters. The fraction of sp³-hybridized carbons (Fsp3) is 0.362. The van der Waals surface area contributed by atoms with E-state index in [4.69, 9.17) is 10.5 Å². The topological polar surface area (TPSA) is 324 Å². The molecule has 0 aliphatic carbocycles. The van der Waals surface area contributed by atoms with Crippen molar-refractivity contribution in [3.8, 4) is 11.5 Å². The number of hydrogen-bond acceptors (Lipinski definition) is 15. The van der Waals surface area contributed by atoms with Crippen LogP contribution in [0.15, 0.2) is 34.1 Å². The molecule has 0 aliphatic heterocycles. The molecule has 450 valence electrons. The monoisotopic (exact) mass is 1230 g/mol. The predicted octanol–water partition coefficient (Wildman–Crippen LogP) is 1.80. The number of nitrogens with one attached hydrogen (secondary N) is 8. The zero-order valence-electron chi connectivity index (χ0n) is 43.1. The van der Waals surface area contributed by atoms with Gasteiger partial charge in [-0.2, -0.15) is 50.1 Å². The van der Waals surface area contributed by atoms with Crippen molar-refractivity contribution in [3.63, 3.8) is 0 Å². The van der Waals surface area contributed by atoms with Crippen LogP contribution in [0.2, 0.25) is 0 Å². The van der Waals surface area contributed by atoms with Gasteiger partial charge in [0.05, 0.1) is 29.4 Å². The Hall–Kier alpha value is -8.44. The van der Waals surface area contributed by atoms with Crippen molar-refractivity contribution >= 4 is 76.7 Å². The Bertz CT molecular complexity index is 3060. The maximum atomic E-state index is 14.6. The molecule has 0 aliphatic rings. The summed E-state index contributed by atoms with van der Waals surface area (Å²) in [5.74, 6) is -38.3. The first kappa shape index (κ1) is 67.1. The molecule has 4 aromatic rings.